The molecule has 19 heavy (non-hydrogen) atoms. The third-order valence-corrected chi connectivity index (χ3v) is 3.58. The number of methoxy groups -OCH3 is 1. The molecular weight excluding hydrogens is 242 g/mol. The first-order valence-corrected chi connectivity index (χ1v) is 6.70. The van der Waals surface area contributed by atoms with Crippen LogP contribution in [0.1, 0.15) is 24.8 Å². The van der Waals surface area contributed by atoms with Gasteiger partial charge in [-0.1, -0.05) is 30.3 Å². The minimum Gasteiger partial charge on any atom is -0.382 e. The van der Waals surface area contributed by atoms with E-state index >= 15 is 0 Å². The van der Waals surface area contributed by atoms with E-state index in [2.05, 4.69) is 17.4 Å². The van der Waals surface area contributed by atoms with E-state index in [0.717, 1.165) is 19.3 Å². The Morgan fingerprint density at radius 2 is 2.00 bits per heavy atom. The third kappa shape index (κ3) is 3.55. The molecule has 104 valence electrons. The number of hydrogen-bond acceptors (Lipinski definition) is 3. The second-order valence-corrected chi connectivity index (χ2v) is 4.90. The molecule has 0 radical (unpaired) electrons. The molecule has 0 heterocycles. The molecule has 0 unspecified atom stereocenters. The highest BCUT2D eigenvalue weighted by Gasteiger charge is 2.39. The van der Waals surface area contributed by atoms with Gasteiger partial charge in [0.25, 0.3) is 0 Å². The Bertz CT molecular complexity index is 401. The van der Waals surface area contributed by atoms with E-state index in [4.69, 9.17) is 9.47 Å². The minimum absolute atomic E-state index is 0.0559. The van der Waals surface area contributed by atoms with Crippen molar-refractivity contribution in [3.63, 3.8) is 0 Å². The molecule has 1 N–H and O–H groups in total. The van der Waals surface area contributed by atoms with Gasteiger partial charge >= 0.3 is 0 Å². The zero-order valence-corrected chi connectivity index (χ0v) is 11.4. The molecule has 1 amide bonds. The Hall–Kier alpha value is -1.39. The van der Waals surface area contributed by atoms with Gasteiger partial charge in [0, 0.05) is 7.11 Å². The molecule has 1 aliphatic rings. The summed E-state index contributed by atoms with van der Waals surface area (Å²) >= 11 is 0. The first kappa shape index (κ1) is 14.0. The molecule has 0 saturated heterocycles. The average Bonchev–Trinajstić information content (AvgIpc) is 2.40. The van der Waals surface area contributed by atoms with Crippen LogP contribution in [0, 0.1) is 0 Å². The van der Waals surface area contributed by atoms with Crippen LogP contribution in [-0.4, -0.2) is 32.8 Å². The van der Waals surface area contributed by atoms with Gasteiger partial charge in [-0.15, -0.1) is 0 Å². The molecule has 1 aromatic rings. The number of ether oxygens (including phenoxy) is 2. The fourth-order valence-electron chi connectivity index (χ4n) is 2.38. The molecule has 1 fully saturated rings. The quantitative estimate of drug-likeness (QED) is 0.764. The molecule has 0 bridgehead atoms. The van der Waals surface area contributed by atoms with Gasteiger partial charge in [0.15, 0.2) is 0 Å². The molecule has 0 spiro atoms. The summed E-state index contributed by atoms with van der Waals surface area (Å²) in [5.74, 6) is -0.0559. The predicted octanol–water partition coefficient (Wildman–Crippen LogP) is 1.84. The predicted molar refractivity (Wildman–Crippen MR) is 72.8 cm³/mol. The second-order valence-electron chi connectivity index (χ2n) is 4.90. The van der Waals surface area contributed by atoms with E-state index in [0.29, 0.717) is 13.2 Å². The van der Waals surface area contributed by atoms with Crippen molar-refractivity contribution >= 4 is 5.91 Å². The topological polar surface area (TPSA) is 47.6 Å². The zero-order chi connectivity index (χ0) is 13.6. The van der Waals surface area contributed by atoms with E-state index in [-0.39, 0.29) is 18.1 Å². The third-order valence-electron chi connectivity index (χ3n) is 3.58. The lowest BCUT2D eigenvalue weighted by atomic mass is 9.72. The summed E-state index contributed by atoms with van der Waals surface area (Å²) in [6.07, 6.45) is 3.15. The van der Waals surface area contributed by atoms with Crippen LogP contribution in [0.5, 0.6) is 0 Å². The van der Waals surface area contributed by atoms with Crippen LogP contribution in [-0.2, 0) is 19.8 Å². The van der Waals surface area contributed by atoms with Crippen LogP contribution in [0.3, 0.4) is 0 Å². The normalized spacial score (nSPS) is 16.7. The van der Waals surface area contributed by atoms with Gasteiger partial charge in [-0.2, -0.15) is 0 Å². The zero-order valence-electron chi connectivity index (χ0n) is 11.4. The van der Waals surface area contributed by atoms with Crippen molar-refractivity contribution in [2.45, 2.75) is 24.8 Å². The van der Waals surface area contributed by atoms with Crippen molar-refractivity contribution in [2.24, 2.45) is 0 Å². The van der Waals surface area contributed by atoms with Crippen LogP contribution in [0.2, 0.25) is 0 Å². The number of carbonyl (C=O) groups excluding carboxylic acids is 1. The summed E-state index contributed by atoms with van der Waals surface area (Å²) in [5, 5.41) is 3.12. The second kappa shape index (κ2) is 6.68. The largest absolute Gasteiger partial charge is 0.382 e. The lowest BCUT2D eigenvalue weighted by Gasteiger charge is -2.43. The molecule has 1 saturated carbocycles. The van der Waals surface area contributed by atoms with Gasteiger partial charge < -0.3 is 14.8 Å². The van der Waals surface area contributed by atoms with Crippen molar-refractivity contribution in [3.8, 4) is 0 Å². The molecule has 4 nitrogen and oxygen atoms in total. The van der Waals surface area contributed by atoms with Gasteiger partial charge in [-0.05, 0) is 24.8 Å². The maximum atomic E-state index is 11.9. The molecule has 4 heteroatoms. The van der Waals surface area contributed by atoms with Crippen molar-refractivity contribution in [1.29, 1.82) is 0 Å². The van der Waals surface area contributed by atoms with E-state index in [1.165, 1.54) is 5.56 Å². The Balaban J connectivity index is 1.87. The number of benzene rings is 1. The van der Waals surface area contributed by atoms with Crippen LogP contribution < -0.4 is 5.32 Å². The van der Waals surface area contributed by atoms with E-state index in [1.807, 2.05) is 18.2 Å². The van der Waals surface area contributed by atoms with Crippen molar-refractivity contribution < 1.29 is 14.3 Å². The maximum Gasteiger partial charge on any atom is 0.246 e. The van der Waals surface area contributed by atoms with Gasteiger partial charge in [-0.25, -0.2) is 0 Å². The van der Waals surface area contributed by atoms with Crippen molar-refractivity contribution in [3.05, 3.63) is 35.9 Å². The molecular formula is C15H21NO3. The number of nitrogens with one attached hydrogen (secondary N) is 1. The van der Waals surface area contributed by atoms with Crippen LogP contribution in [0.15, 0.2) is 30.3 Å². The molecule has 1 aliphatic carbocycles. The van der Waals surface area contributed by atoms with Gasteiger partial charge in [0.05, 0.1) is 18.8 Å². The number of amides is 1. The van der Waals surface area contributed by atoms with Crippen LogP contribution in [0.25, 0.3) is 0 Å². The molecule has 0 atom stereocenters. The standard InChI is InChI=1S/C15H21NO3/c1-18-10-11-19-12-14(17)16-15(8-5-9-15)13-6-3-2-4-7-13/h2-4,6-7H,5,8-12H2,1H3,(H,16,17). The number of carbonyl (C=O) groups is 1. The highest BCUT2D eigenvalue weighted by atomic mass is 16.5. The number of hydrogen-bond donors (Lipinski definition) is 1. The molecule has 2 rings (SSSR count). The summed E-state index contributed by atoms with van der Waals surface area (Å²) in [6, 6.07) is 10.2. The average molecular weight is 263 g/mol. The monoisotopic (exact) mass is 263 g/mol. The van der Waals surface area contributed by atoms with E-state index in [9.17, 15) is 4.79 Å². The summed E-state index contributed by atoms with van der Waals surface area (Å²) in [7, 11) is 1.61. The summed E-state index contributed by atoms with van der Waals surface area (Å²) < 4.78 is 10.1. The molecule has 0 aromatic heterocycles. The Morgan fingerprint density at radius 1 is 1.26 bits per heavy atom. The fourth-order valence-corrected chi connectivity index (χ4v) is 2.38. The van der Waals surface area contributed by atoms with Gasteiger partial charge in [-0.3, -0.25) is 4.79 Å². The smallest absolute Gasteiger partial charge is 0.246 e. The molecule has 1 aromatic carbocycles. The maximum absolute atomic E-state index is 11.9. The summed E-state index contributed by atoms with van der Waals surface area (Å²) in [6.45, 7) is 1.05. The molecule has 0 aliphatic heterocycles. The van der Waals surface area contributed by atoms with E-state index < -0.39 is 0 Å². The van der Waals surface area contributed by atoms with Gasteiger partial charge in [0.2, 0.25) is 5.91 Å². The summed E-state index contributed by atoms with van der Waals surface area (Å²) in [4.78, 5) is 11.9. The minimum atomic E-state index is -0.178. The SMILES string of the molecule is COCCOCC(=O)NC1(c2ccccc2)CCC1. The highest BCUT2D eigenvalue weighted by molar-refractivity contribution is 5.78. The highest BCUT2D eigenvalue weighted by Crippen LogP contribution is 2.40. The van der Waals surface area contributed by atoms with Gasteiger partial charge in [0.1, 0.15) is 6.61 Å². The Kier molecular flexibility index (Phi) is 4.93. The summed E-state index contributed by atoms with van der Waals surface area (Å²) in [5.41, 5.74) is 1.01. The fraction of sp³-hybridized carbons (Fsp3) is 0.533. The van der Waals surface area contributed by atoms with Crippen LogP contribution in [0.4, 0.5) is 0 Å². The lowest BCUT2D eigenvalue weighted by Crippen LogP contribution is -2.51. The number of rotatable bonds is 7. The van der Waals surface area contributed by atoms with Crippen molar-refractivity contribution in [2.75, 3.05) is 26.9 Å². The first-order valence-electron chi connectivity index (χ1n) is 6.70. The Labute approximate surface area is 114 Å². The van der Waals surface area contributed by atoms with E-state index in [1.54, 1.807) is 7.11 Å². The lowest BCUT2D eigenvalue weighted by molar-refractivity contribution is -0.129. The first-order chi connectivity index (χ1) is 9.27. The van der Waals surface area contributed by atoms with Crippen LogP contribution >= 0.6 is 0 Å². The Morgan fingerprint density at radius 3 is 2.58 bits per heavy atom. The van der Waals surface area contributed by atoms with Crippen molar-refractivity contribution in [1.82, 2.24) is 5.32 Å².